The molecular weight excluding hydrogens is 380 g/mol. The second-order valence-corrected chi connectivity index (χ2v) is 9.97. The Hall–Kier alpha value is -1.41. The summed E-state index contributed by atoms with van der Waals surface area (Å²) >= 11 is 6.88. The summed E-state index contributed by atoms with van der Waals surface area (Å²) in [5.41, 5.74) is 2.69. The molecule has 134 valence electrons. The van der Waals surface area contributed by atoms with Crippen molar-refractivity contribution < 1.29 is 13.2 Å². The minimum absolute atomic E-state index is 0.170. The van der Waals surface area contributed by atoms with Gasteiger partial charge in [-0.05, 0) is 56.0 Å². The zero-order chi connectivity index (χ0) is 18.2. The fourth-order valence-corrected chi connectivity index (χ4v) is 6.20. The number of carbonyl (C=O) groups excluding carboxylic acids is 1. The SMILES string of the molecule is Cc1ccc(C)c(NC(=O)C2CCCN2S(=O)(=O)c2ccc(Cl)s2)c1. The van der Waals surface area contributed by atoms with Gasteiger partial charge in [-0.15, -0.1) is 11.3 Å². The second-order valence-electron chi connectivity index (χ2n) is 6.14. The molecular formula is C17H19ClN2O3S2. The van der Waals surface area contributed by atoms with E-state index >= 15 is 0 Å². The van der Waals surface area contributed by atoms with Gasteiger partial charge in [-0.25, -0.2) is 8.42 Å². The Labute approximate surface area is 156 Å². The minimum Gasteiger partial charge on any atom is -0.324 e. The summed E-state index contributed by atoms with van der Waals surface area (Å²) in [6.45, 7) is 4.19. The van der Waals surface area contributed by atoms with Crippen LogP contribution in [0.25, 0.3) is 0 Å². The van der Waals surface area contributed by atoms with Gasteiger partial charge >= 0.3 is 0 Å². The van der Waals surface area contributed by atoms with Crippen LogP contribution in [0, 0.1) is 13.8 Å². The molecule has 1 aliphatic heterocycles. The molecule has 5 nitrogen and oxygen atoms in total. The molecule has 2 aromatic rings. The van der Waals surface area contributed by atoms with Crippen molar-refractivity contribution in [2.75, 3.05) is 11.9 Å². The van der Waals surface area contributed by atoms with E-state index in [9.17, 15) is 13.2 Å². The van der Waals surface area contributed by atoms with E-state index in [1.165, 1.54) is 10.4 Å². The van der Waals surface area contributed by atoms with E-state index in [1.54, 1.807) is 6.07 Å². The summed E-state index contributed by atoms with van der Waals surface area (Å²) in [4.78, 5) is 12.7. The van der Waals surface area contributed by atoms with Gasteiger partial charge in [-0.3, -0.25) is 4.79 Å². The molecule has 2 heterocycles. The largest absolute Gasteiger partial charge is 0.324 e. The van der Waals surface area contributed by atoms with Crippen molar-refractivity contribution in [3.63, 3.8) is 0 Å². The molecule has 0 saturated carbocycles. The van der Waals surface area contributed by atoms with Crippen molar-refractivity contribution in [3.05, 3.63) is 45.8 Å². The fraction of sp³-hybridized carbons (Fsp3) is 0.353. The summed E-state index contributed by atoms with van der Waals surface area (Å²) in [7, 11) is -3.72. The zero-order valence-electron chi connectivity index (χ0n) is 14.0. The maximum absolute atomic E-state index is 12.8. The van der Waals surface area contributed by atoms with Crippen LogP contribution in [-0.2, 0) is 14.8 Å². The van der Waals surface area contributed by atoms with Crippen molar-refractivity contribution in [2.45, 2.75) is 36.9 Å². The lowest BCUT2D eigenvalue weighted by molar-refractivity contribution is -0.119. The van der Waals surface area contributed by atoms with Crippen LogP contribution in [0.5, 0.6) is 0 Å². The average molecular weight is 399 g/mol. The van der Waals surface area contributed by atoms with Crippen LogP contribution in [0.3, 0.4) is 0 Å². The van der Waals surface area contributed by atoms with Gasteiger partial charge in [0.25, 0.3) is 10.0 Å². The molecule has 1 unspecified atom stereocenters. The molecule has 1 N–H and O–H groups in total. The molecule has 0 radical (unpaired) electrons. The number of anilines is 1. The van der Waals surface area contributed by atoms with E-state index in [0.29, 0.717) is 29.4 Å². The number of nitrogens with one attached hydrogen (secondary N) is 1. The maximum atomic E-state index is 12.8. The van der Waals surface area contributed by atoms with E-state index in [-0.39, 0.29) is 10.1 Å². The van der Waals surface area contributed by atoms with Gasteiger partial charge in [-0.1, -0.05) is 23.7 Å². The third-order valence-corrected chi connectivity index (χ3v) is 7.88. The molecule has 0 spiro atoms. The summed E-state index contributed by atoms with van der Waals surface area (Å²) in [5.74, 6) is -0.294. The number of thiophene rings is 1. The molecule has 1 aromatic heterocycles. The monoisotopic (exact) mass is 398 g/mol. The highest BCUT2D eigenvalue weighted by Gasteiger charge is 2.40. The number of hydrogen-bond donors (Lipinski definition) is 1. The Bertz CT molecular complexity index is 908. The lowest BCUT2D eigenvalue weighted by Gasteiger charge is -2.23. The highest BCUT2D eigenvalue weighted by Crippen LogP contribution is 2.32. The number of sulfonamides is 1. The number of amides is 1. The van der Waals surface area contributed by atoms with Crippen LogP contribution < -0.4 is 5.32 Å². The molecule has 25 heavy (non-hydrogen) atoms. The van der Waals surface area contributed by atoms with E-state index in [1.807, 2.05) is 32.0 Å². The van der Waals surface area contributed by atoms with Gasteiger partial charge < -0.3 is 5.32 Å². The predicted molar refractivity (Wildman–Crippen MR) is 101 cm³/mol. The Balaban J connectivity index is 1.84. The third kappa shape index (κ3) is 3.74. The Morgan fingerprint density at radius 3 is 2.72 bits per heavy atom. The average Bonchev–Trinajstić information content (AvgIpc) is 3.20. The van der Waals surface area contributed by atoms with Crippen LogP contribution in [0.4, 0.5) is 5.69 Å². The molecule has 1 amide bonds. The van der Waals surface area contributed by atoms with E-state index in [2.05, 4.69) is 5.32 Å². The number of halogens is 1. The van der Waals surface area contributed by atoms with Crippen molar-refractivity contribution in [2.24, 2.45) is 0 Å². The third-order valence-electron chi connectivity index (χ3n) is 4.27. The minimum atomic E-state index is -3.72. The van der Waals surface area contributed by atoms with E-state index < -0.39 is 16.1 Å². The van der Waals surface area contributed by atoms with Gasteiger partial charge in [0.15, 0.2) is 0 Å². The van der Waals surface area contributed by atoms with Crippen molar-refractivity contribution in [1.29, 1.82) is 0 Å². The molecule has 1 aromatic carbocycles. The lowest BCUT2D eigenvalue weighted by Crippen LogP contribution is -2.42. The quantitative estimate of drug-likeness (QED) is 0.851. The smallest absolute Gasteiger partial charge is 0.253 e. The second kappa shape index (κ2) is 7.07. The molecule has 1 aliphatic rings. The molecule has 0 bridgehead atoms. The molecule has 1 saturated heterocycles. The topological polar surface area (TPSA) is 66.5 Å². The summed E-state index contributed by atoms with van der Waals surface area (Å²) in [5, 5.41) is 2.88. The van der Waals surface area contributed by atoms with E-state index in [4.69, 9.17) is 11.6 Å². The predicted octanol–water partition coefficient (Wildman–Crippen LogP) is 3.81. The highest BCUT2D eigenvalue weighted by molar-refractivity contribution is 7.91. The number of nitrogens with zero attached hydrogens (tertiary/aromatic N) is 1. The van der Waals surface area contributed by atoms with Crippen molar-refractivity contribution >= 4 is 44.6 Å². The van der Waals surface area contributed by atoms with Gasteiger partial charge in [-0.2, -0.15) is 4.31 Å². The zero-order valence-corrected chi connectivity index (χ0v) is 16.3. The van der Waals surface area contributed by atoms with Gasteiger partial charge in [0.1, 0.15) is 10.3 Å². The summed E-state index contributed by atoms with van der Waals surface area (Å²) in [6, 6.07) is 8.13. The molecule has 1 fully saturated rings. The highest BCUT2D eigenvalue weighted by atomic mass is 35.5. The fourth-order valence-electron chi connectivity index (χ4n) is 2.93. The van der Waals surface area contributed by atoms with Crippen molar-refractivity contribution in [1.82, 2.24) is 4.31 Å². The molecule has 3 rings (SSSR count). The normalized spacial score (nSPS) is 18.4. The number of aryl methyl sites for hydroxylation is 2. The Kier molecular flexibility index (Phi) is 5.20. The van der Waals surface area contributed by atoms with Crippen LogP contribution in [0.15, 0.2) is 34.5 Å². The van der Waals surface area contributed by atoms with Gasteiger partial charge in [0.05, 0.1) is 4.34 Å². The molecule has 0 aliphatic carbocycles. The number of benzene rings is 1. The number of rotatable bonds is 4. The number of carbonyl (C=O) groups is 1. The number of hydrogen-bond acceptors (Lipinski definition) is 4. The van der Waals surface area contributed by atoms with Gasteiger partial charge in [0.2, 0.25) is 5.91 Å². The summed E-state index contributed by atoms with van der Waals surface area (Å²) < 4.78 is 27.5. The first kappa shape index (κ1) is 18.4. The maximum Gasteiger partial charge on any atom is 0.253 e. The first-order valence-corrected chi connectivity index (χ1v) is 10.6. The van der Waals surface area contributed by atoms with E-state index in [0.717, 1.165) is 22.5 Å². The van der Waals surface area contributed by atoms with Crippen molar-refractivity contribution in [3.8, 4) is 0 Å². The first-order valence-electron chi connectivity index (χ1n) is 7.94. The summed E-state index contributed by atoms with van der Waals surface area (Å²) in [6.07, 6.45) is 1.16. The van der Waals surface area contributed by atoms with Gasteiger partial charge in [0, 0.05) is 12.2 Å². The molecule has 8 heteroatoms. The van der Waals surface area contributed by atoms with Crippen LogP contribution >= 0.6 is 22.9 Å². The van der Waals surface area contributed by atoms with Crippen LogP contribution in [-0.4, -0.2) is 31.2 Å². The van der Waals surface area contributed by atoms with Crippen LogP contribution in [0.2, 0.25) is 4.34 Å². The standard InChI is InChI=1S/C17H19ClN2O3S2/c1-11-5-6-12(2)13(10-11)19-17(21)14-4-3-9-20(14)25(22,23)16-8-7-15(18)24-16/h5-8,10,14H,3-4,9H2,1-2H3,(H,19,21). The van der Waals surface area contributed by atoms with Crippen LogP contribution in [0.1, 0.15) is 24.0 Å². The Morgan fingerprint density at radius 1 is 1.28 bits per heavy atom. The first-order chi connectivity index (χ1) is 11.8. The lowest BCUT2D eigenvalue weighted by atomic mass is 10.1. The molecule has 1 atom stereocenters. The Morgan fingerprint density at radius 2 is 2.04 bits per heavy atom.